The van der Waals surface area contributed by atoms with Crippen LogP contribution in [0, 0.1) is 35.5 Å². The zero-order chi connectivity index (χ0) is 27.5. The summed E-state index contributed by atoms with van der Waals surface area (Å²) in [7, 11) is 3.11. The number of allylic oxidation sites excluding steroid dienone is 2. The predicted octanol–water partition coefficient (Wildman–Crippen LogP) is 0.719. The lowest BCUT2D eigenvalue weighted by molar-refractivity contribution is -0.181. The maximum atomic E-state index is 13.8. The Morgan fingerprint density at radius 1 is 1.11 bits per heavy atom. The number of phenols is 1. The standard InChI is InChI=1S/C29H30N2O7/c1-31(2)23-18-13-16-12-17-15(9-8-14-6-4-3-5-7-14)10-11-19(32)21(17)24(33)20(16)26(35)29(18,38)27(36)22(25(23)34)28(30)37/h6,10-11,16,18,20,22-23,32,38H,3-5,7,12-13H2,1-2H3,(H2,30,37). The molecule has 2 saturated carbocycles. The Hall–Kier alpha value is -3.61. The zero-order valence-corrected chi connectivity index (χ0v) is 21.3. The molecule has 6 atom stereocenters. The summed E-state index contributed by atoms with van der Waals surface area (Å²) in [6, 6.07) is 1.88. The minimum absolute atomic E-state index is 0.0115. The third-order valence-electron chi connectivity index (χ3n) is 8.59. The van der Waals surface area contributed by atoms with Crippen molar-refractivity contribution in [1.82, 2.24) is 4.90 Å². The molecule has 0 spiro atoms. The van der Waals surface area contributed by atoms with Crippen LogP contribution >= 0.6 is 0 Å². The van der Waals surface area contributed by atoms with E-state index in [1.54, 1.807) is 20.2 Å². The smallest absolute Gasteiger partial charge is 0.235 e. The van der Waals surface area contributed by atoms with Crippen molar-refractivity contribution in [2.75, 3.05) is 14.1 Å². The highest BCUT2D eigenvalue weighted by Gasteiger charge is 2.69. The number of carbonyl (C=O) groups excluding carboxylic acids is 5. The summed E-state index contributed by atoms with van der Waals surface area (Å²) < 4.78 is 0. The van der Waals surface area contributed by atoms with Crippen molar-refractivity contribution in [2.24, 2.45) is 29.4 Å². The van der Waals surface area contributed by atoms with Crippen LogP contribution in [0.5, 0.6) is 5.75 Å². The summed E-state index contributed by atoms with van der Waals surface area (Å²) in [5.41, 5.74) is 4.68. The molecule has 0 aliphatic heterocycles. The number of amides is 1. The lowest BCUT2D eigenvalue weighted by Crippen LogP contribution is -2.74. The Labute approximate surface area is 220 Å². The fourth-order valence-electron chi connectivity index (χ4n) is 6.82. The third kappa shape index (κ3) is 3.74. The van der Waals surface area contributed by atoms with Gasteiger partial charge in [-0.15, -0.1) is 0 Å². The Morgan fingerprint density at radius 3 is 2.47 bits per heavy atom. The molecule has 9 heteroatoms. The van der Waals surface area contributed by atoms with E-state index in [9.17, 15) is 34.2 Å². The average Bonchev–Trinajstić information content (AvgIpc) is 2.86. The molecule has 0 radical (unpaired) electrons. The van der Waals surface area contributed by atoms with Crippen molar-refractivity contribution in [1.29, 1.82) is 0 Å². The molecule has 1 aromatic carbocycles. The van der Waals surface area contributed by atoms with Crippen LogP contribution in [0.25, 0.3) is 0 Å². The van der Waals surface area contributed by atoms with Gasteiger partial charge >= 0.3 is 0 Å². The molecule has 4 aliphatic rings. The number of nitrogens with two attached hydrogens (primary N) is 1. The van der Waals surface area contributed by atoms with Gasteiger partial charge in [-0.1, -0.05) is 17.9 Å². The van der Waals surface area contributed by atoms with Crippen LogP contribution in [0.15, 0.2) is 23.8 Å². The van der Waals surface area contributed by atoms with Crippen molar-refractivity contribution in [3.8, 4) is 17.6 Å². The number of ketones is 4. The molecule has 9 nitrogen and oxygen atoms in total. The van der Waals surface area contributed by atoms with Crippen LogP contribution in [0.3, 0.4) is 0 Å². The lowest BCUT2D eigenvalue weighted by atomic mass is 9.52. The third-order valence-corrected chi connectivity index (χ3v) is 8.59. The first-order valence-electron chi connectivity index (χ1n) is 12.9. The number of nitrogens with zero attached hydrogens (tertiary/aromatic N) is 1. The van der Waals surface area contributed by atoms with Gasteiger partial charge in [-0.2, -0.15) is 0 Å². The van der Waals surface area contributed by atoms with E-state index in [1.165, 1.54) is 11.0 Å². The van der Waals surface area contributed by atoms with Crippen LogP contribution in [-0.2, 0) is 25.6 Å². The van der Waals surface area contributed by atoms with Gasteiger partial charge in [-0.3, -0.25) is 28.9 Å². The molecule has 0 bridgehead atoms. The molecule has 38 heavy (non-hydrogen) atoms. The molecule has 2 fully saturated rings. The SMILES string of the molecule is CN(C)C1C(=O)C(C(N)=O)C(=O)C2(O)C(=O)C3C(=O)c4c(O)ccc(C#CC5=CCCCC5)c4CC3CC12. The molecular weight excluding hydrogens is 488 g/mol. The van der Waals surface area contributed by atoms with Crippen LogP contribution < -0.4 is 5.73 Å². The first-order valence-corrected chi connectivity index (χ1v) is 12.9. The number of fused-ring (bicyclic) bond motifs is 3. The number of primary amides is 1. The van der Waals surface area contributed by atoms with Gasteiger partial charge in [-0.05, 0) is 81.8 Å². The van der Waals surface area contributed by atoms with Gasteiger partial charge in [0.25, 0.3) is 0 Å². The van der Waals surface area contributed by atoms with Gasteiger partial charge in [0, 0.05) is 11.5 Å². The fourth-order valence-corrected chi connectivity index (χ4v) is 6.82. The molecule has 0 saturated heterocycles. The normalized spacial score (nSPS) is 32.5. The number of aromatic hydroxyl groups is 1. The van der Waals surface area contributed by atoms with Crippen molar-refractivity contribution < 1.29 is 34.2 Å². The molecular formula is C29H30N2O7. The van der Waals surface area contributed by atoms with E-state index in [0.717, 1.165) is 31.3 Å². The van der Waals surface area contributed by atoms with E-state index < -0.39 is 64.4 Å². The van der Waals surface area contributed by atoms with E-state index in [1.807, 2.05) is 0 Å². The largest absolute Gasteiger partial charge is 0.507 e. The van der Waals surface area contributed by atoms with Gasteiger partial charge in [-0.25, -0.2) is 0 Å². The van der Waals surface area contributed by atoms with Crippen molar-refractivity contribution in [2.45, 2.75) is 50.2 Å². The number of hydrogen-bond acceptors (Lipinski definition) is 8. The molecule has 4 aliphatic carbocycles. The minimum Gasteiger partial charge on any atom is -0.507 e. The second kappa shape index (κ2) is 9.29. The number of likely N-dealkylation sites (N-methyl/N-ethyl adjacent to an activating group) is 1. The van der Waals surface area contributed by atoms with Crippen LogP contribution in [0.4, 0.5) is 0 Å². The van der Waals surface area contributed by atoms with E-state index >= 15 is 0 Å². The monoisotopic (exact) mass is 518 g/mol. The van der Waals surface area contributed by atoms with Crippen LogP contribution in [0.2, 0.25) is 0 Å². The first kappa shape index (κ1) is 26.0. The minimum atomic E-state index is -2.72. The topological polar surface area (TPSA) is 155 Å². The van der Waals surface area contributed by atoms with Gasteiger partial charge in [0.15, 0.2) is 34.7 Å². The van der Waals surface area contributed by atoms with Gasteiger partial charge in [0.05, 0.1) is 17.5 Å². The number of carbonyl (C=O) groups is 5. The molecule has 4 N–H and O–H groups in total. The Kier molecular flexibility index (Phi) is 6.36. The van der Waals surface area contributed by atoms with Crippen molar-refractivity contribution in [3.05, 3.63) is 40.5 Å². The highest BCUT2D eigenvalue weighted by molar-refractivity contribution is 6.32. The molecule has 0 aromatic heterocycles. The van der Waals surface area contributed by atoms with Crippen molar-refractivity contribution in [3.63, 3.8) is 0 Å². The summed E-state index contributed by atoms with van der Waals surface area (Å²) in [6.07, 6.45) is 6.34. The Bertz CT molecular complexity index is 1380. The maximum Gasteiger partial charge on any atom is 0.235 e. The summed E-state index contributed by atoms with van der Waals surface area (Å²) >= 11 is 0. The van der Waals surface area contributed by atoms with Crippen molar-refractivity contribution >= 4 is 29.0 Å². The van der Waals surface area contributed by atoms with E-state index in [2.05, 4.69) is 17.9 Å². The van der Waals surface area contributed by atoms with Crippen LogP contribution in [0.1, 0.15) is 53.6 Å². The number of rotatable bonds is 2. The molecule has 6 unspecified atom stereocenters. The van der Waals surface area contributed by atoms with Crippen LogP contribution in [-0.4, -0.2) is 69.9 Å². The summed E-state index contributed by atoms with van der Waals surface area (Å²) in [6.45, 7) is 0. The Morgan fingerprint density at radius 2 is 1.84 bits per heavy atom. The number of phenolic OH excluding ortho intramolecular Hbond substituents is 1. The molecule has 0 heterocycles. The average molecular weight is 519 g/mol. The summed E-state index contributed by atoms with van der Waals surface area (Å²) in [5, 5.41) is 22.2. The van der Waals surface area contributed by atoms with E-state index in [4.69, 9.17) is 5.73 Å². The molecule has 1 amide bonds. The second-order valence-electron chi connectivity index (χ2n) is 11.0. The molecule has 1 aromatic rings. The summed E-state index contributed by atoms with van der Waals surface area (Å²) in [4.78, 5) is 67.5. The number of aliphatic hydroxyl groups is 1. The quantitative estimate of drug-likeness (QED) is 0.382. The number of hydrogen-bond donors (Lipinski definition) is 3. The first-order chi connectivity index (χ1) is 18.0. The zero-order valence-electron chi connectivity index (χ0n) is 21.3. The van der Waals surface area contributed by atoms with E-state index in [0.29, 0.717) is 11.1 Å². The van der Waals surface area contributed by atoms with Gasteiger partial charge < -0.3 is 15.9 Å². The van der Waals surface area contributed by atoms with Gasteiger partial charge in [0.1, 0.15) is 5.75 Å². The second-order valence-corrected chi connectivity index (χ2v) is 11.0. The highest BCUT2D eigenvalue weighted by atomic mass is 16.3. The highest BCUT2D eigenvalue weighted by Crippen LogP contribution is 2.50. The number of Topliss-reactive ketones (excluding diaryl/α,β-unsaturated/α-hetero) is 4. The lowest BCUT2D eigenvalue weighted by Gasteiger charge is -2.52. The van der Waals surface area contributed by atoms with Gasteiger partial charge in [0.2, 0.25) is 5.91 Å². The number of benzene rings is 1. The molecule has 198 valence electrons. The molecule has 5 rings (SSSR count). The predicted molar refractivity (Wildman–Crippen MR) is 135 cm³/mol. The maximum absolute atomic E-state index is 13.8. The van der Waals surface area contributed by atoms with E-state index in [-0.39, 0.29) is 24.2 Å². The fraction of sp³-hybridized carbons (Fsp3) is 0.483. The Balaban J connectivity index is 1.60. The summed E-state index contributed by atoms with van der Waals surface area (Å²) in [5.74, 6) is -4.21.